The molecular weight excluding hydrogens is 272 g/mol. The highest BCUT2D eigenvalue weighted by Crippen LogP contribution is 2.26. The Balaban J connectivity index is 1.74. The molecule has 2 N–H and O–H groups in total. The van der Waals surface area contributed by atoms with Crippen LogP contribution in [0.4, 0.5) is 5.69 Å². The molecule has 0 radical (unpaired) electrons. The third-order valence-corrected chi connectivity index (χ3v) is 4.62. The zero-order chi connectivity index (χ0) is 15.4. The fraction of sp³-hybridized carbons (Fsp3) is 0.421. The van der Waals surface area contributed by atoms with Gasteiger partial charge in [0.05, 0.1) is 18.8 Å². The number of rotatable bonds is 3. The summed E-state index contributed by atoms with van der Waals surface area (Å²) < 4.78 is 0. The zero-order valence-corrected chi connectivity index (χ0v) is 13.3. The van der Waals surface area contributed by atoms with Crippen molar-refractivity contribution in [1.29, 1.82) is 0 Å². The molecule has 0 atom stereocenters. The van der Waals surface area contributed by atoms with E-state index in [1.54, 1.807) is 0 Å². The van der Waals surface area contributed by atoms with Crippen molar-refractivity contribution in [3.05, 3.63) is 42.0 Å². The van der Waals surface area contributed by atoms with Gasteiger partial charge in [0, 0.05) is 5.39 Å². The van der Waals surface area contributed by atoms with Crippen molar-refractivity contribution in [2.75, 3.05) is 25.0 Å². The lowest BCUT2D eigenvalue weighted by Gasteiger charge is -2.17. The topological polar surface area (TPSA) is 33.5 Å². The quantitative estimate of drug-likeness (QED) is 0.897. The van der Waals surface area contributed by atoms with Gasteiger partial charge in [0.2, 0.25) is 0 Å². The first-order valence-corrected chi connectivity index (χ1v) is 8.36. The molecule has 3 heteroatoms. The molecule has 0 aliphatic carbocycles. The zero-order valence-electron chi connectivity index (χ0n) is 13.3. The molecule has 116 valence electrons. The summed E-state index contributed by atoms with van der Waals surface area (Å²) in [5.74, 6) is 0.136. The highest BCUT2D eigenvalue weighted by Gasteiger charge is 2.17. The number of hydrogen-bond acceptors (Lipinski definition) is 1. The van der Waals surface area contributed by atoms with Crippen LogP contribution in [0.5, 0.6) is 0 Å². The third kappa shape index (κ3) is 3.47. The number of hydrogen-bond donors (Lipinski definition) is 2. The third-order valence-electron chi connectivity index (χ3n) is 4.62. The molecule has 0 bridgehead atoms. The van der Waals surface area contributed by atoms with E-state index < -0.39 is 0 Å². The van der Waals surface area contributed by atoms with E-state index in [4.69, 9.17) is 0 Å². The van der Waals surface area contributed by atoms with E-state index in [1.165, 1.54) is 36.0 Å². The summed E-state index contributed by atoms with van der Waals surface area (Å²) in [5.41, 5.74) is 2.09. The van der Waals surface area contributed by atoms with E-state index in [0.717, 1.165) is 29.7 Å². The second-order valence-electron chi connectivity index (χ2n) is 6.37. The number of amides is 1. The van der Waals surface area contributed by atoms with Crippen molar-refractivity contribution >= 4 is 22.4 Å². The lowest BCUT2D eigenvalue weighted by atomic mass is 10.0. The van der Waals surface area contributed by atoms with E-state index in [0.29, 0.717) is 6.54 Å². The number of anilines is 1. The van der Waals surface area contributed by atoms with Crippen LogP contribution < -0.4 is 10.2 Å². The maximum Gasteiger partial charge on any atom is 0.279 e. The number of aryl methyl sites for hydroxylation is 1. The average molecular weight is 297 g/mol. The molecule has 0 unspecified atom stereocenters. The Hall–Kier alpha value is -1.87. The molecule has 3 rings (SSSR count). The first-order chi connectivity index (χ1) is 10.7. The molecule has 22 heavy (non-hydrogen) atoms. The smallest absolute Gasteiger partial charge is 0.279 e. The number of fused-ring (bicyclic) bond motifs is 1. The van der Waals surface area contributed by atoms with Gasteiger partial charge in [-0.25, -0.2) is 0 Å². The first kappa shape index (κ1) is 15.0. The summed E-state index contributed by atoms with van der Waals surface area (Å²) in [6.07, 6.45) is 5.12. The maximum atomic E-state index is 12.5. The highest BCUT2D eigenvalue weighted by atomic mass is 16.2. The van der Waals surface area contributed by atoms with Gasteiger partial charge in [-0.05, 0) is 43.6 Å². The van der Waals surface area contributed by atoms with E-state index in [-0.39, 0.29) is 5.91 Å². The molecule has 1 aliphatic rings. The van der Waals surface area contributed by atoms with Crippen molar-refractivity contribution in [3.8, 4) is 0 Å². The van der Waals surface area contributed by atoms with Crippen LogP contribution in [0.2, 0.25) is 0 Å². The lowest BCUT2D eigenvalue weighted by Crippen LogP contribution is -3.12. The van der Waals surface area contributed by atoms with Crippen LogP contribution in [0.3, 0.4) is 0 Å². The fourth-order valence-electron chi connectivity index (χ4n) is 3.36. The van der Waals surface area contributed by atoms with Gasteiger partial charge in [-0.2, -0.15) is 0 Å². The SMILES string of the molecule is Cc1ccc2ccccc2c1NC(=O)C[NH+]1CCCCCC1. The standard InChI is InChI=1S/C19H24N2O/c1-15-10-11-16-8-4-5-9-17(16)19(15)20-18(22)14-21-12-6-2-3-7-13-21/h4-5,8-11H,2-3,6-7,12-14H2,1H3,(H,20,22)/p+1. The number of nitrogens with one attached hydrogen (secondary N) is 2. The Morgan fingerprint density at radius 3 is 2.55 bits per heavy atom. The number of quaternary nitrogens is 1. The number of carbonyl (C=O) groups excluding carboxylic acids is 1. The van der Waals surface area contributed by atoms with Gasteiger partial charge in [-0.1, -0.05) is 36.4 Å². The Kier molecular flexibility index (Phi) is 4.74. The second-order valence-corrected chi connectivity index (χ2v) is 6.37. The fourth-order valence-corrected chi connectivity index (χ4v) is 3.36. The molecule has 1 fully saturated rings. The largest absolute Gasteiger partial charge is 0.327 e. The van der Waals surface area contributed by atoms with Crippen molar-refractivity contribution in [2.45, 2.75) is 32.6 Å². The van der Waals surface area contributed by atoms with Crippen LogP contribution in [0.25, 0.3) is 10.8 Å². The maximum absolute atomic E-state index is 12.5. The van der Waals surface area contributed by atoms with E-state index >= 15 is 0 Å². The van der Waals surface area contributed by atoms with Crippen molar-refractivity contribution in [3.63, 3.8) is 0 Å². The van der Waals surface area contributed by atoms with Crippen molar-refractivity contribution in [1.82, 2.24) is 0 Å². The Labute approximate surface area is 132 Å². The van der Waals surface area contributed by atoms with Crippen LogP contribution in [0.15, 0.2) is 36.4 Å². The monoisotopic (exact) mass is 297 g/mol. The molecular formula is C19H25N2O+. The van der Waals surface area contributed by atoms with Gasteiger partial charge < -0.3 is 10.2 Å². The molecule has 1 heterocycles. The average Bonchev–Trinajstić information content (AvgIpc) is 2.79. The normalized spacial score (nSPS) is 16.4. The number of benzene rings is 2. The minimum Gasteiger partial charge on any atom is -0.327 e. The van der Waals surface area contributed by atoms with Crippen LogP contribution in [-0.2, 0) is 4.79 Å². The molecule has 3 nitrogen and oxygen atoms in total. The first-order valence-electron chi connectivity index (χ1n) is 8.36. The second kappa shape index (κ2) is 6.93. The molecule has 0 saturated carbocycles. The number of likely N-dealkylation sites (tertiary alicyclic amines) is 1. The van der Waals surface area contributed by atoms with Crippen molar-refractivity contribution in [2.24, 2.45) is 0 Å². The lowest BCUT2D eigenvalue weighted by molar-refractivity contribution is -0.890. The number of carbonyl (C=O) groups is 1. The van der Waals surface area contributed by atoms with E-state index in [1.807, 2.05) is 12.1 Å². The Morgan fingerprint density at radius 1 is 1.05 bits per heavy atom. The molecule has 0 aromatic heterocycles. The molecule has 1 aliphatic heterocycles. The Bertz CT molecular complexity index is 658. The van der Waals surface area contributed by atoms with Gasteiger partial charge in [0.15, 0.2) is 6.54 Å². The summed E-state index contributed by atoms with van der Waals surface area (Å²) >= 11 is 0. The molecule has 1 amide bonds. The van der Waals surface area contributed by atoms with E-state index in [9.17, 15) is 4.79 Å². The summed E-state index contributed by atoms with van der Waals surface area (Å²) in [4.78, 5) is 13.9. The molecule has 0 spiro atoms. The van der Waals surface area contributed by atoms with Crippen LogP contribution in [-0.4, -0.2) is 25.5 Å². The summed E-state index contributed by atoms with van der Waals surface area (Å²) in [6, 6.07) is 12.4. The minimum atomic E-state index is 0.136. The van der Waals surface area contributed by atoms with Crippen LogP contribution in [0.1, 0.15) is 31.2 Å². The van der Waals surface area contributed by atoms with E-state index in [2.05, 4.69) is 36.5 Å². The summed E-state index contributed by atoms with van der Waals surface area (Å²) in [6.45, 7) is 4.90. The minimum absolute atomic E-state index is 0.136. The van der Waals surface area contributed by atoms with Gasteiger partial charge in [-0.3, -0.25) is 4.79 Å². The predicted octanol–water partition coefficient (Wildman–Crippen LogP) is 2.55. The van der Waals surface area contributed by atoms with Gasteiger partial charge in [0.25, 0.3) is 5.91 Å². The Morgan fingerprint density at radius 2 is 1.77 bits per heavy atom. The van der Waals surface area contributed by atoms with Crippen LogP contribution in [0, 0.1) is 6.92 Å². The van der Waals surface area contributed by atoms with Gasteiger partial charge in [-0.15, -0.1) is 0 Å². The molecule has 2 aromatic carbocycles. The van der Waals surface area contributed by atoms with Gasteiger partial charge >= 0.3 is 0 Å². The van der Waals surface area contributed by atoms with Crippen LogP contribution >= 0.6 is 0 Å². The molecule has 2 aromatic rings. The summed E-state index contributed by atoms with van der Waals surface area (Å²) in [7, 11) is 0. The van der Waals surface area contributed by atoms with Crippen molar-refractivity contribution < 1.29 is 9.69 Å². The van der Waals surface area contributed by atoms with Gasteiger partial charge in [0.1, 0.15) is 0 Å². The predicted molar refractivity (Wildman–Crippen MR) is 91.3 cm³/mol. The summed E-state index contributed by atoms with van der Waals surface area (Å²) in [5, 5.41) is 5.46. The highest BCUT2D eigenvalue weighted by molar-refractivity contribution is 6.03. The molecule has 1 saturated heterocycles.